The standard InChI is InChI=1S/C17H20N2O/c1-14(18)17(20)19(12-15-8-4-2-5-9-15)13-16-10-6-3-7-11-16/h2-11,14H,12-13,18H2,1H3. The van der Waals surface area contributed by atoms with E-state index in [1.807, 2.05) is 60.7 Å². The maximum atomic E-state index is 12.3. The van der Waals surface area contributed by atoms with E-state index in [0.717, 1.165) is 11.1 Å². The molecule has 2 aromatic rings. The molecule has 0 saturated heterocycles. The Morgan fingerprint density at radius 1 is 0.950 bits per heavy atom. The van der Waals surface area contributed by atoms with Gasteiger partial charge in [0.1, 0.15) is 0 Å². The average Bonchev–Trinajstić information content (AvgIpc) is 2.48. The quantitative estimate of drug-likeness (QED) is 0.906. The van der Waals surface area contributed by atoms with Crippen molar-refractivity contribution in [3.8, 4) is 0 Å². The number of benzene rings is 2. The lowest BCUT2D eigenvalue weighted by molar-refractivity contribution is -0.133. The van der Waals surface area contributed by atoms with Crippen LogP contribution in [0.3, 0.4) is 0 Å². The second-order valence-electron chi connectivity index (χ2n) is 4.95. The maximum Gasteiger partial charge on any atom is 0.239 e. The molecule has 2 aromatic carbocycles. The van der Waals surface area contributed by atoms with Crippen molar-refractivity contribution in [1.82, 2.24) is 4.90 Å². The van der Waals surface area contributed by atoms with Crippen LogP contribution in [0.5, 0.6) is 0 Å². The van der Waals surface area contributed by atoms with Crippen molar-refractivity contribution in [2.24, 2.45) is 5.73 Å². The summed E-state index contributed by atoms with van der Waals surface area (Å²) in [6.07, 6.45) is 0. The minimum Gasteiger partial charge on any atom is -0.333 e. The molecule has 2 N–H and O–H groups in total. The monoisotopic (exact) mass is 268 g/mol. The molecule has 0 aliphatic rings. The Morgan fingerprint density at radius 2 is 1.35 bits per heavy atom. The smallest absolute Gasteiger partial charge is 0.239 e. The van der Waals surface area contributed by atoms with Crippen molar-refractivity contribution < 1.29 is 4.79 Å². The Labute approximate surface area is 120 Å². The summed E-state index contributed by atoms with van der Waals surface area (Å²) in [4.78, 5) is 14.1. The Morgan fingerprint density at radius 3 is 1.70 bits per heavy atom. The van der Waals surface area contributed by atoms with Gasteiger partial charge in [-0.3, -0.25) is 4.79 Å². The number of hydrogen-bond donors (Lipinski definition) is 1. The SMILES string of the molecule is CC(N)C(=O)N(Cc1ccccc1)Cc1ccccc1. The predicted molar refractivity (Wildman–Crippen MR) is 80.8 cm³/mol. The Bertz CT molecular complexity index is 496. The molecule has 1 amide bonds. The van der Waals surface area contributed by atoms with E-state index in [1.165, 1.54) is 0 Å². The Kier molecular flexibility index (Phi) is 4.91. The highest BCUT2D eigenvalue weighted by molar-refractivity contribution is 5.81. The summed E-state index contributed by atoms with van der Waals surface area (Å²) in [7, 11) is 0. The lowest BCUT2D eigenvalue weighted by atomic mass is 10.1. The van der Waals surface area contributed by atoms with E-state index in [-0.39, 0.29) is 5.91 Å². The molecule has 0 heterocycles. The highest BCUT2D eigenvalue weighted by Crippen LogP contribution is 2.11. The number of hydrogen-bond acceptors (Lipinski definition) is 2. The zero-order valence-corrected chi connectivity index (χ0v) is 11.7. The summed E-state index contributed by atoms with van der Waals surface area (Å²) in [6.45, 7) is 2.89. The fraction of sp³-hybridized carbons (Fsp3) is 0.235. The molecule has 3 heteroatoms. The minimum atomic E-state index is -0.484. The first kappa shape index (κ1) is 14.3. The summed E-state index contributed by atoms with van der Waals surface area (Å²) in [6, 6.07) is 19.5. The van der Waals surface area contributed by atoms with Gasteiger partial charge in [-0.2, -0.15) is 0 Å². The van der Waals surface area contributed by atoms with E-state index in [0.29, 0.717) is 13.1 Å². The molecule has 20 heavy (non-hydrogen) atoms. The van der Waals surface area contributed by atoms with Gasteiger partial charge < -0.3 is 10.6 Å². The van der Waals surface area contributed by atoms with Gasteiger partial charge >= 0.3 is 0 Å². The number of nitrogens with zero attached hydrogens (tertiary/aromatic N) is 1. The number of carbonyl (C=O) groups excluding carboxylic acids is 1. The number of amides is 1. The largest absolute Gasteiger partial charge is 0.333 e. The first-order valence-electron chi connectivity index (χ1n) is 6.79. The van der Waals surface area contributed by atoms with E-state index in [2.05, 4.69) is 0 Å². The van der Waals surface area contributed by atoms with Crippen LogP contribution in [-0.2, 0) is 17.9 Å². The first-order valence-corrected chi connectivity index (χ1v) is 6.79. The lowest BCUT2D eigenvalue weighted by Gasteiger charge is -2.24. The summed E-state index contributed by atoms with van der Waals surface area (Å²) in [5, 5.41) is 0. The molecule has 0 bridgehead atoms. The molecule has 104 valence electrons. The summed E-state index contributed by atoms with van der Waals surface area (Å²) >= 11 is 0. The van der Waals surface area contributed by atoms with Crippen LogP contribution in [-0.4, -0.2) is 16.8 Å². The zero-order chi connectivity index (χ0) is 14.4. The van der Waals surface area contributed by atoms with Crippen LogP contribution in [0.2, 0.25) is 0 Å². The molecule has 3 nitrogen and oxygen atoms in total. The Balaban J connectivity index is 2.15. The van der Waals surface area contributed by atoms with Crippen LogP contribution < -0.4 is 5.73 Å². The second-order valence-corrected chi connectivity index (χ2v) is 4.95. The van der Waals surface area contributed by atoms with Gasteiger partial charge in [-0.1, -0.05) is 60.7 Å². The third kappa shape index (κ3) is 3.93. The highest BCUT2D eigenvalue weighted by atomic mass is 16.2. The molecule has 0 saturated carbocycles. The van der Waals surface area contributed by atoms with E-state index in [1.54, 1.807) is 11.8 Å². The van der Waals surface area contributed by atoms with Gasteiger partial charge in [0.05, 0.1) is 6.04 Å². The molecular weight excluding hydrogens is 248 g/mol. The minimum absolute atomic E-state index is 0.0299. The van der Waals surface area contributed by atoms with E-state index in [9.17, 15) is 4.79 Å². The molecular formula is C17H20N2O. The molecule has 2 rings (SSSR count). The van der Waals surface area contributed by atoms with Gasteiger partial charge in [-0.25, -0.2) is 0 Å². The van der Waals surface area contributed by atoms with Crippen LogP contribution in [0, 0.1) is 0 Å². The highest BCUT2D eigenvalue weighted by Gasteiger charge is 2.17. The van der Waals surface area contributed by atoms with Gasteiger partial charge in [0, 0.05) is 13.1 Å². The summed E-state index contributed by atoms with van der Waals surface area (Å²) < 4.78 is 0. The van der Waals surface area contributed by atoms with E-state index >= 15 is 0 Å². The van der Waals surface area contributed by atoms with Crippen molar-refractivity contribution in [3.63, 3.8) is 0 Å². The fourth-order valence-electron chi connectivity index (χ4n) is 2.11. The van der Waals surface area contributed by atoms with Crippen LogP contribution in [0.25, 0.3) is 0 Å². The molecule has 0 aromatic heterocycles. The van der Waals surface area contributed by atoms with Crippen LogP contribution in [0.1, 0.15) is 18.1 Å². The van der Waals surface area contributed by atoms with Gasteiger partial charge in [0.2, 0.25) is 5.91 Å². The van der Waals surface area contributed by atoms with Crippen molar-refractivity contribution in [2.75, 3.05) is 0 Å². The van der Waals surface area contributed by atoms with E-state index < -0.39 is 6.04 Å². The molecule has 0 radical (unpaired) electrons. The van der Waals surface area contributed by atoms with Crippen molar-refractivity contribution in [1.29, 1.82) is 0 Å². The fourth-order valence-corrected chi connectivity index (χ4v) is 2.11. The second kappa shape index (κ2) is 6.87. The third-order valence-electron chi connectivity index (χ3n) is 3.13. The van der Waals surface area contributed by atoms with Gasteiger partial charge in [0.25, 0.3) is 0 Å². The number of nitrogens with two attached hydrogens (primary N) is 1. The van der Waals surface area contributed by atoms with Crippen LogP contribution in [0.4, 0.5) is 0 Å². The predicted octanol–water partition coefficient (Wildman–Crippen LogP) is 2.56. The number of rotatable bonds is 5. The molecule has 0 aliphatic carbocycles. The molecule has 0 fully saturated rings. The van der Waals surface area contributed by atoms with Crippen molar-refractivity contribution in [2.45, 2.75) is 26.1 Å². The van der Waals surface area contributed by atoms with Gasteiger partial charge in [-0.15, -0.1) is 0 Å². The maximum absolute atomic E-state index is 12.3. The molecule has 0 spiro atoms. The van der Waals surface area contributed by atoms with E-state index in [4.69, 9.17) is 5.73 Å². The number of carbonyl (C=O) groups is 1. The summed E-state index contributed by atoms with van der Waals surface area (Å²) in [5.41, 5.74) is 7.97. The first-order chi connectivity index (χ1) is 9.66. The van der Waals surface area contributed by atoms with Crippen molar-refractivity contribution in [3.05, 3.63) is 71.8 Å². The molecule has 0 aliphatic heterocycles. The van der Waals surface area contributed by atoms with Crippen LogP contribution >= 0.6 is 0 Å². The Hall–Kier alpha value is -2.13. The lowest BCUT2D eigenvalue weighted by Crippen LogP contribution is -2.41. The summed E-state index contributed by atoms with van der Waals surface area (Å²) in [5.74, 6) is -0.0299. The zero-order valence-electron chi connectivity index (χ0n) is 11.7. The van der Waals surface area contributed by atoms with Crippen LogP contribution in [0.15, 0.2) is 60.7 Å². The normalized spacial score (nSPS) is 11.9. The molecule has 1 atom stereocenters. The third-order valence-corrected chi connectivity index (χ3v) is 3.13. The van der Waals surface area contributed by atoms with Crippen molar-refractivity contribution >= 4 is 5.91 Å². The van der Waals surface area contributed by atoms with Gasteiger partial charge in [-0.05, 0) is 18.1 Å². The average molecular weight is 268 g/mol. The van der Waals surface area contributed by atoms with Gasteiger partial charge in [0.15, 0.2) is 0 Å². The topological polar surface area (TPSA) is 46.3 Å². The molecule has 1 unspecified atom stereocenters.